The van der Waals surface area contributed by atoms with Gasteiger partial charge >= 0.3 is 0 Å². The summed E-state index contributed by atoms with van der Waals surface area (Å²) in [5, 5.41) is 11.3. The number of hydrogen-bond acceptors (Lipinski definition) is 4. The number of allylic oxidation sites excluding steroid dienone is 2. The first kappa shape index (κ1) is 19.4. The molecule has 0 fully saturated rings. The Balaban J connectivity index is 2.85. The van der Waals surface area contributed by atoms with Gasteiger partial charge in [0.1, 0.15) is 6.04 Å². The van der Waals surface area contributed by atoms with Crippen molar-refractivity contribution < 1.29 is 14.8 Å². The molecule has 24 heavy (non-hydrogen) atoms. The van der Waals surface area contributed by atoms with Gasteiger partial charge in [0.15, 0.2) is 0 Å². The molecule has 0 aromatic heterocycles. The highest BCUT2D eigenvalue weighted by atomic mass is 16.5. The number of nitrogens with two attached hydrogens (primary N) is 1. The van der Waals surface area contributed by atoms with E-state index in [2.05, 4.69) is 17.2 Å². The summed E-state index contributed by atoms with van der Waals surface area (Å²) in [7, 11) is 0. The van der Waals surface area contributed by atoms with Gasteiger partial charge in [0.05, 0.1) is 0 Å². The zero-order valence-electron chi connectivity index (χ0n) is 14.1. The number of amides is 2. The summed E-state index contributed by atoms with van der Waals surface area (Å²) in [5.74, 6) is 4.61. The summed E-state index contributed by atoms with van der Waals surface area (Å²) < 4.78 is 0. The van der Waals surface area contributed by atoms with Gasteiger partial charge in [-0.05, 0) is 50.6 Å². The second-order valence-electron chi connectivity index (χ2n) is 5.86. The molecule has 1 atom stereocenters. The molecule has 0 aliphatic carbocycles. The number of nitrogens with one attached hydrogen (secondary N) is 2. The van der Waals surface area contributed by atoms with Crippen LogP contribution in [0.3, 0.4) is 0 Å². The van der Waals surface area contributed by atoms with Crippen molar-refractivity contribution in [2.24, 2.45) is 5.73 Å². The van der Waals surface area contributed by atoms with Crippen LogP contribution in [-0.2, 0) is 4.79 Å². The molecular weight excluding hydrogens is 306 g/mol. The van der Waals surface area contributed by atoms with E-state index in [1.165, 1.54) is 5.48 Å². The van der Waals surface area contributed by atoms with Crippen molar-refractivity contribution in [1.29, 1.82) is 0 Å². The molecule has 0 bridgehead atoms. The van der Waals surface area contributed by atoms with Gasteiger partial charge in [0, 0.05) is 16.7 Å². The molecule has 0 aliphatic rings. The van der Waals surface area contributed by atoms with E-state index in [4.69, 9.17) is 10.9 Å². The third-order valence-corrected chi connectivity index (χ3v) is 3.19. The predicted octanol–water partition coefficient (Wildman–Crippen LogP) is 1.35. The van der Waals surface area contributed by atoms with Crippen LogP contribution < -0.4 is 16.5 Å². The Hall–Kier alpha value is -2.62. The summed E-state index contributed by atoms with van der Waals surface area (Å²) >= 11 is 0. The highest BCUT2D eigenvalue weighted by Gasteiger charge is 2.33. The van der Waals surface area contributed by atoms with Gasteiger partial charge in [0.2, 0.25) is 0 Å². The van der Waals surface area contributed by atoms with Gasteiger partial charge in [-0.1, -0.05) is 24.8 Å². The maximum absolute atomic E-state index is 12.3. The fourth-order valence-electron chi connectivity index (χ4n) is 1.88. The largest absolute Gasteiger partial charge is 0.338 e. The molecule has 128 valence electrons. The molecule has 1 aromatic carbocycles. The first-order valence-electron chi connectivity index (χ1n) is 7.60. The van der Waals surface area contributed by atoms with Crippen LogP contribution in [0.5, 0.6) is 0 Å². The first-order valence-corrected chi connectivity index (χ1v) is 7.60. The van der Waals surface area contributed by atoms with Crippen molar-refractivity contribution in [3.05, 3.63) is 47.5 Å². The number of benzene rings is 1. The lowest BCUT2D eigenvalue weighted by Crippen LogP contribution is -2.61. The zero-order chi connectivity index (χ0) is 18.2. The van der Waals surface area contributed by atoms with Crippen LogP contribution in [0, 0.1) is 11.8 Å². The smallest absolute Gasteiger partial charge is 0.267 e. The third-order valence-electron chi connectivity index (χ3n) is 3.19. The minimum atomic E-state index is -1.08. The fraction of sp³-hybridized carbons (Fsp3) is 0.333. The van der Waals surface area contributed by atoms with Crippen LogP contribution in [0.15, 0.2) is 36.4 Å². The molecule has 0 aliphatic heterocycles. The quantitative estimate of drug-likeness (QED) is 0.372. The van der Waals surface area contributed by atoms with Gasteiger partial charge in [0.25, 0.3) is 11.8 Å². The Morgan fingerprint density at radius 1 is 1.33 bits per heavy atom. The van der Waals surface area contributed by atoms with Crippen LogP contribution in [0.2, 0.25) is 0 Å². The zero-order valence-corrected chi connectivity index (χ0v) is 14.1. The van der Waals surface area contributed by atoms with Gasteiger partial charge in [-0.15, -0.1) is 0 Å². The Morgan fingerprint density at radius 3 is 2.46 bits per heavy atom. The standard InChI is InChI=1S/C18H23N3O3/c1-4-5-6-7-8-13-9-11-14(12-10-13)16(22)20-15(17(23)21-24)18(2,3)19/h5-6,9-12,15,24H,4,19H2,1-3H3,(H,20,22)(H,21,23)/t15-/m1/s1. The van der Waals surface area contributed by atoms with Crippen LogP contribution in [0.1, 0.15) is 43.1 Å². The molecule has 0 heterocycles. The van der Waals surface area contributed by atoms with Crippen molar-refractivity contribution in [3.8, 4) is 11.8 Å². The van der Waals surface area contributed by atoms with Crippen molar-refractivity contribution in [2.45, 2.75) is 38.8 Å². The minimum absolute atomic E-state index is 0.365. The molecule has 1 rings (SSSR count). The lowest BCUT2D eigenvalue weighted by Gasteiger charge is -2.29. The SMILES string of the molecule is CCC=CC#Cc1ccc(C(=O)N[C@H](C(=O)NO)C(C)(C)N)cc1. The molecule has 2 amide bonds. The van der Waals surface area contributed by atoms with E-state index in [1.807, 2.05) is 13.0 Å². The lowest BCUT2D eigenvalue weighted by atomic mass is 9.95. The Bertz CT molecular complexity index is 661. The fourth-order valence-corrected chi connectivity index (χ4v) is 1.88. The summed E-state index contributed by atoms with van der Waals surface area (Å²) in [4.78, 5) is 23.9. The molecule has 0 spiro atoms. The van der Waals surface area contributed by atoms with E-state index < -0.39 is 23.4 Å². The topological polar surface area (TPSA) is 104 Å². The number of rotatable bonds is 5. The minimum Gasteiger partial charge on any atom is -0.338 e. The molecule has 6 nitrogen and oxygen atoms in total. The maximum Gasteiger partial charge on any atom is 0.267 e. The summed E-state index contributed by atoms with van der Waals surface area (Å²) in [6.07, 6.45) is 4.66. The molecule has 0 unspecified atom stereocenters. The van der Waals surface area contributed by atoms with Crippen molar-refractivity contribution in [3.63, 3.8) is 0 Å². The van der Waals surface area contributed by atoms with Gasteiger partial charge in [-0.25, -0.2) is 5.48 Å². The first-order chi connectivity index (χ1) is 11.3. The highest BCUT2D eigenvalue weighted by molar-refractivity contribution is 5.97. The van der Waals surface area contributed by atoms with Gasteiger partial charge in [-0.3, -0.25) is 14.8 Å². The number of carbonyl (C=O) groups is 2. The van der Waals surface area contributed by atoms with Gasteiger partial charge in [-0.2, -0.15) is 0 Å². The monoisotopic (exact) mass is 329 g/mol. The summed E-state index contributed by atoms with van der Waals surface area (Å²) in [6.45, 7) is 5.18. The van der Waals surface area contributed by atoms with Crippen molar-refractivity contribution in [1.82, 2.24) is 10.8 Å². The molecule has 5 N–H and O–H groups in total. The van der Waals surface area contributed by atoms with E-state index in [0.717, 1.165) is 12.0 Å². The van der Waals surface area contributed by atoms with E-state index in [-0.39, 0.29) is 0 Å². The summed E-state index contributed by atoms with van der Waals surface area (Å²) in [5.41, 5.74) is 7.48. The van der Waals surface area contributed by atoms with Crippen LogP contribution >= 0.6 is 0 Å². The molecule has 1 aromatic rings. The van der Waals surface area contributed by atoms with Crippen molar-refractivity contribution in [2.75, 3.05) is 0 Å². The average Bonchev–Trinajstić information content (AvgIpc) is 2.55. The van der Waals surface area contributed by atoms with Gasteiger partial charge < -0.3 is 11.1 Å². The maximum atomic E-state index is 12.3. The van der Waals surface area contributed by atoms with E-state index in [0.29, 0.717) is 5.56 Å². The van der Waals surface area contributed by atoms with Crippen LogP contribution in [-0.4, -0.2) is 28.6 Å². The van der Waals surface area contributed by atoms with Crippen molar-refractivity contribution >= 4 is 11.8 Å². The second kappa shape index (κ2) is 8.87. The predicted molar refractivity (Wildman–Crippen MR) is 92.2 cm³/mol. The Morgan fingerprint density at radius 2 is 1.96 bits per heavy atom. The second-order valence-corrected chi connectivity index (χ2v) is 5.86. The third kappa shape index (κ3) is 5.88. The molecular formula is C18H23N3O3. The highest BCUT2D eigenvalue weighted by Crippen LogP contribution is 2.09. The lowest BCUT2D eigenvalue weighted by molar-refractivity contribution is -0.132. The van der Waals surface area contributed by atoms with Crippen LogP contribution in [0.25, 0.3) is 0 Å². The van der Waals surface area contributed by atoms with E-state index in [9.17, 15) is 9.59 Å². The Kier molecular flexibility index (Phi) is 7.18. The van der Waals surface area contributed by atoms with Crippen LogP contribution in [0.4, 0.5) is 0 Å². The molecule has 6 heteroatoms. The van der Waals surface area contributed by atoms with E-state index >= 15 is 0 Å². The molecule has 0 saturated carbocycles. The Labute approximate surface area is 142 Å². The average molecular weight is 329 g/mol. The molecule has 0 radical (unpaired) electrons. The normalized spacial score (nSPS) is 12.2. The number of hydroxylamine groups is 1. The number of hydrogen-bond donors (Lipinski definition) is 4. The number of carbonyl (C=O) groups excluding carboxylic acids is 2. The van der Waals surface area contributed by atoms with E-state index in [1.54, 1.807) is 44.2 Å². The summed E-state index contributed by atoms with van der Waals surface area (Å²) in [6, 6.07) is 5.58. The molecule has 0 saturated heterocycles.